The zero-order chi connectivity index (χ0) is 14.2. The Morgan fingerprint density at radius 2 is 1.72 bits per heavy atom. The number of hydrogen-bond acceptors (Lipinski definition) is 2. The average molecular weight is 254 g/mol. The summed E-state index contributed by atoms with van der Waals surface area (Å²) in [6.07, 6.45) is 5.22. The van der Waals surface area contributed by atoms with Gasteiger partial charge in [-0.15, -0.1) is 5.92 Å². The highest BCUT2D eigenvalue weighted by Gasteiger charge is 2.34. The molecule has 0 aromatic carbocycles. The molecule has 0 spiro atoms. The Morgan fingerprint density at radius 1 is 1.11 bits per heavy atom. The average Bonchev–Trinajstić information content (AvgIpc) is 2.24. The Balaban J connectivity index is 4.00. The molecule has 0 aliphatic rings. The number of aliphatic hydroxyl groups excluding tert-OH is 1. The minimum atomic E-state index is -0.735. The molecule has 0 radical (unpaired) electrons. The van der Waals surface area contributed by atoms with Gasteiger partial charge in [-0.2, -0.15) is 0 Å². The van der Waals surface area contributed by atoms with E-state index in [9.17, 15) is 10.2 Å². The molecular weight excluding hydrogens is 224 g/mol. The summed E-state index contributed by atoms with van der Waals surface area (Å²) in [4.78, 5) is 0. The molecule has 0 amide bonds. The van der Waals surface area contributed by atoms with Gasteiger partial charge < -0.3 is 10.2 Å². The lowest BCUT2D eigenvalue weighted by atomic mass is 9.73. The molecular formula is C16H30O2. The second-order valence-electron chi connectivity index (χ2n) is 6.28. The lowest BCUT2D eigenvalue weighted by molar-refractivity contribution is -0.0434. The van der Waals surface area contributed by atoms with Crippen molar-refractivity contribution >= 4 is 0 Å². The van der Waals surface area contributed by atoms with Crippen LogP contribution in [0.3, 0.4) is 0 Å². The van der Waals surface area contributed by atoms with Crippen molar-refractivity contribution < 1.29 is 10.2 Å². The van der Waals surface area contributed by atoms with Crippen molar-refractivity contribution in [3.05, 3.63) is 0 Å². The lowest BCUT2D eigenvalue weighted by Gasteiger charge is -2.37. The van der Waals surface area contributed by atoms with Crippen LogP contribution in [0, 0.1) is 17.3 Å². The van der Waals surface area contributed by atoms with Gasteiger partial charge in [-0.05, 0) is 38.5 Å². The summed E-state index contributed by atoms with van der Waals surface area (Å²) in [6, 6.07) is 0. The third-order valence-corrected chi connectivity index (χ3v) is 3.87. The number of unbranched alkanes of at least 4 members (excludes halogenated alkanes) is 3. The van der Waals surface area contributed by atoms with E-state index in [-0.39, 0.29) is 5.41 Å². The third-order valence-electron chi connectivity index (χ3n) is 3.87. The van der Waals surface area contributed by atoms with Gasteiger partial charge in [0.2, 0.25) is 0 Å². The first-order valence-corrected chi connectivity index (χ1v) is 7.09. The van der Waals surface area contributed by atoms with Crippen LogP contribution >= 0.6 is 0 Å². The molecule has 1 atom stereocenters. The summed E-state index contributed by atoms with van der Waals surface area (Å²) in [7, 11) is 0. The Morgan fingerprint density at radius 3 is 2.22 bits per heavy atom. The first kappa shape index (κ1) is 17.5. The molecule has 0 aliphatic carbocycles. The molecule has 0 aliphatic heterocycles. The normalized spacial score (nSPS) is 13.9. The lowest BCUT2D eigenvalue weighted by Crippen LogP contribution is -2.39. The van der Waals surface area contributed by atoms with Crippen molar-refractivity contribution in [1.29, 1.82) is 0 Å². The molecule has 0 aromatic heterocycles. The number of hydrogen-bond donors (Lipinski definition) is 2. The fraction of sp³-hybridized carbons (Fsp3) is 0.875. The number of rotatable bonds is 7. The van der Waals surface area contributed by atoms with Crippen LogP contribution in [-0.2, 0) is 0 Å². The van der Waals surface area contributed by atoms with Gasteiger partial charge in [0.05, 0.1) is 5.60 Å². The molecule has 0 bridgehead atoms. The van der Waals surface area contributed by atoms with Gasteiger partial charge in [-0.3, -0.25) is 0 Å². The van der Waals surface area contributed by atoms with Crippen LogP contribution in [0.1, 0.15) is 73.1 Å². The minimum absolute atomic E-state index is 0.210. The van der Waals surface area contributed by atoms with Gasteiger partial charge in [0.15, 0.2) is 0 Å². The van der Waals surface area contributed by atoms with Gasteiger partial charge in [0.25, 0.3) is 0 Å². The van der Waals surface area contributed by atoms with Crippen LogP contribution < -0.4 is 0 Å². The van der Waals surface area contributed by atoms with Gasteiger partial charge >= 0.3 is 0 Å². The van der Waals surface area contributed by atoms with E-state index in [0.717, 1.165) is 19.3 Å². The summed E-state index contributed by atoms with van der Waals surface area (Å²) in [5.74, 6) is 5.92. The van der Waals surface area contributed by atoms with E-state index in [0.29, 0.717) is 6.42 Å². The topological polar surface area (TPSA) is 40.5 Å². The van der Waals surface area contributed by atoms with Gasteiger partial charge in [0.1, 0.15) is 6.10 Å². The predicted octanol–water partition coefficient (Wildman–Crippen LogP) is 3.51. The Labute approximate surface area is 113 Å². The van der Waals surface area contributed by atoms with E-state index in [1.54, 1.807) is 0 Å². The van der Waals surface area contributed by atoms with Gasteiger partial charge in [-0.1, -0.05) is 39.5 Å². The summed E-state index contributed by atoms with van der Waals surface area (Å²) in [5.41, 5.74) is -0.945. The van der Waals surface area contributed by atoms with E-state index in [4.69, 9.17) is 0 Å². The van der Waals surface area contributed by atoms with E-state index >= 15 is 0 Å². The van der Waals surface area contributed by atoms with Crippen LogP contribution in [0.4, 0.5) is 0 Å². The van der Waals surface area contributed by atoms with Crippen LogP contribution in [-0.4, -0.2) is 21.9 Å². The fourth-order valence-electron chi connectivity index (χ4n) is 1.53. The quantitative estimate of drug-likeness (QED) is 0.539. The number of aliphatic hydroxyl groups is 2. The van der Waals surface area contributed by atoms with E-state index < -0.39 is 11.7 Å². The molecule has 0 rings (SSSR count). The summed E-state index contributed by atoms with van der Waals surface area (Å²) >= 11 is 0. The highest BCUT2D eigenvalue weighted by Crippen LogP contribution is 2.35. The highest BCUT2D eigenvalue weighted by atomic mass is 16.3. The molecule has 18 heavy (non-hydrogen) atoms. The summed E-state index contributed by atoms with van der Waals surface area (Å²) < 4.78 is 0. The van der Waals surface area contributed by atoms with Crippen molar-refractivity contribution in [3.8, 4) is 11.8 Å². The zero-order valence-electron chi connectivity index (χ0n) is 12.7. The molecule has 1 unspecified atom stereocenters. The van der Waals surface area contributed by atoms with Crippen molar-refractivity contribution in [2.45, 2.75) is 84.8 Å². The van der Waals surface area contributed by atoms with Crippen molar-refractivity contribution in [3.63, 3.8) is 0 Å². The van der Waals surface area contributed by atoms with Crippen LogP contribution in [0.15, 0.2) is 0 Å². The van der Waals surface area contributed by atoms with Crippen molar-refractivity contribution in [2.24, 2.45) is 5.41 Å². The standard InChI is InChI=1S/C16H30O2/c1-6-7-8-9-10-11-14(17)12-13-15(2,3)16(4,5)18/h14,17-18H,6-9,12-13H2,1-5H3. The van der Waals surface area contributed by atoms with E-state index in [2.05, 4.69) is 18.8 Å². The first-order chi connectivity index (χ1) is 8.20. The first-order valence-electron chi connectivity index (χ1n) is 7.09. The van der Waals surface area contributed by atoms with Crippen LogP contribution in [0.5, 0.6) is 0 Å². The monoisotopic (exact) mass is 254 g/mol. The summed E-state index contributed by atoms with van der Waals surface area (Å²) in [6.45, 7) is 9.84. The van der Waals surface area contributed by atoms with Crippen molar-refractivity contribution in [1.82, 2.24) is 0 Å². The molecule has 2 heteroatoms. The SMILES string of the molecule is CCCCCC#CC(O)CCC(C)(C)C(C)(C)O. The maximum Gasteiger partial charge on any atom is 0.114 e. The smallest absolute Gasteiger partial charge is 0.114 e. The minimum Gasteiger partial charge on any atom is -0.390 e. The molecule has 2 N–H and O–H groups in total. The maximum atomic E-state index is 10.0. The predicted molar refractivity (Wildman–Crippen MR) is 77.2 cm³/mol. The van der Waals surface area contributed by atoms with E-state index in [1.807, 2.05) is 27.7 Å². The molecule has 0 aromatic rings. The molecule has 0 saturated heterocycles. The van der Waals surface area contributed by atoms with Crippen molar-refractivity contribution in [2.75, 3.05) is 0 Å². The maximum absolute atomic E-state index is 10.0. The van der Waals surface area contributed by atoms with E-state index in [1.165, 1.54) is 12.8 Å². The van der Waals surface area contributed by atoms with Crippen LogP contribution in [0.25, 0.3) is 0 Å². The summed E-state index contributed by atoms with van der Waals surface area (Å²) in [5, 5.41) is 19.8. The Kier molecular flexibility index (Phi) is 7.59. The Hall–Kier alpha value is -0.520. The molecule has 0 saturated carbocycles. The van der Waals surface area contributed by atoms with Gasteiger partial charge in [0, 0.05) is 6.42 Å². The van der Waals surface area contributed by atoms with Gasteiger partial charge in [-0.25, -0.2) is 0 Å². The fourth-order valence-corrected chi connectivity index (χ4v) is 1.53. The second-order valence-corrected chi connectivity index (χ2v) is 6.28. The third kappa shape index (κ3) is 7.03. The van der Waals surface area contributed by atoms with Crippen LogP contribution in [0.2, 0.25) is 0 Å². The largest absolute Gasteiger partial charge is 0.390 e. The highest BCUT2D eigenvalue weighted by molar-refractivity contribution is 5.04. The molecule has 0 fully saturated rings. The molecule has 0 heterocycles. The zero-order valence-corrected chi connectivity index (χ0v) is 12.7. The second kappa shape index (κ2) is 7.81. The Bertz CT molecular complexity index is 276. The molecule has 106 valence electrons. The molecule has 2 nitrogen and oxygen atoms in total.